The average Bonchev–Trinajstić information content (AvgIpc) is 2.47. The van der Waals surface area contributed by atoms with Crippen molar-refractivity contribution in [3.05, 3.63) is 35.4 Å². The molecule has 1 heterocycles. The molecule has 6 heteroatoms. The molecule has 1 aromatic rings. The van der Waals surface area contributed by atoms with E-state index in [0.29, 0.717) is 25.9 Å². The molecule has 0 bridgehead atoms. The quantitative estimate of drug-likeness (QED) is 0.902. The molecule has 1 aromatic carbocycles. The van der Waals surface area contributed by atoms with Crippen LogP contribution in [0.4, 0.5) is 0 Å². The maximum atomic E-state index is 12.4. The first-order chi connectivity index (χ1) is 9.94. The van der Waals surface area contributed by atoms with Crippen molar-refractivity contribution in [2.45, 2.75) is 37.6 Å². The molecule has 21 heavy (non-hydrogen) atoms. The van der Waals surface area contributed by atoms with Gasteiger partial charge in [-0.05, 0) is 24.0 Å². The molecule has 2 N–H and O–H groups in total. The Bertz CT molecular complexity index is 596. The first-order valence-corrected chi connectivity index (χ1v) is 8.90. The third kappa shape index (κ3) is 3.83. The van der Waals surface area contributed by atoms with Crippen LogP contribution >= 0.6 is 0 Å². The normalized spacial score (nSPS) is 21.0. The first kappa shape index (κ1) is 16.0. The third-order valence-electron chi connectivity index (χ3n) is 3.91. The van der Waals surface area contributed by atoms with Crippen LogP contribution in [-0.4, -0.2) is 37.3 Å². The zero-order chi connectivity index (χ0) is 15.5. The van der Waals surface area contributed by atoms with Gasteiger partial charge in [0.1, 0.15) is 5.25 Å². The van der Waals surface area contributed by atoms with Gasteiger partial charge < -0.3 is 10.6 Å². The highest BCUT2D eigenvalue weighted by Crippen LogP contribution is 2.21. The van der Waals surface area contributed by atoms with Crippen LogP contribution in [0.3, 0.4) is 0 Å². The standard InChI is InChI=1S/C15H22N2O3S/c1-17(11-13-7-5-12(10-16)6-8-13)15(18)14-4-2-3-9-21(14,19)20/h5-8,14H,2-4,9-11,16H2,1H3. The number of carbonyl (C=O) groups excluding carboxylic acids is 1. The van der Waals surface area contributed by atoms with E-state index in [1.54, 1.807) is 7.05 Å². The van der Waals surface area contributed by atoms with Gasteiger partial charge in [0.15, 0.2) is 9.84 Å². The summed E-state index contributed by atoms with van der Waals surface area (Å²) in [6.07, 6.45) is 1.91. The zero-order valence-electron chi connectivity index (χ0n) is 12.3. The number of hydrogen-bond acceptors (Lipinski definition) is 4. The molecule has 0 aliphatic carbocycles. The van der Waals surface area contributed by atoms with E-state index in [0.717, 1.165) is 17.5 Å². The Morgan fingerprint density at radius 2 is 1.86 bits per heavy atom. The molecular weight excluding hydrogens is 288 g/mol. The van der Waals surface area contributed by atoms with Crippen molar-refractivity contribution in [1.82, 2.24) is 4.90 Å². The van der Waals surface area contributed by atoms with Crippen molar-refractivity contribution in [3.63, 3.8) is 0 Å². The van der Waals surface area contributed by atoms with Gasteiger partial charge in [-0.25, -0.2) is 8.42 Å². The van der Waals surface area contributed by atoms with E-state index in [2.05, 4.69) is 0 Å². The largest absolute Gasteiger partial charge is 0.340 e. The molecule has 1 fully saturated rings. The molecule has 1 aliphatic rings. The fourth-order valence-corrected chi connectivity index (χ4v) is 4.51. The van der Waals surface area contributed by atoms with Crippen LogP contribution in [0.5, 0.6) is 0 Å². The van der Waals surface area contributed by atoms with Crippen LogP contribution in [0.1, 0.15) is 30.4 Å². The lowest BCUT2D eigenvalue weighted by atomic mass is 10.1. The highest BCUT2D eigenvalue weighted by atomic mass is 32.2. The van der Waals surface area contributed by atoms with E-state index in [-0.39, 0.29) is 11.7 Å². The summed E-state index contributed by atoms with van der Waals surface area (Å²) < 4.78 is 24.0. The molecule has 116 valence electrons. The van der Waals surface area contributed by atoms with Gasteiger partial charge in [0.2, 0.25) is 5.91 Å². The highest BCUT2D eigenvalue weighted by molar-refractivity contribution is 7.92. The average molecular weight is 310 g/mol. The Morgan fingerprint density at radius 1 is 1.24 bits per heavy atom. The molecule has 0 spiro atoms. The van der Waals surface area contributed by atoms with Gasteiger partial charge >= 0.3 is 0 Å². The summed E-state index contributed by atoms with van der Waals surface area (Å²) in [6.45, 7) is 0.894. The summed E-state index contributed by atoms with van der Waals surface area (Å²) in [6, 6.07) is 7.68. The molecule has 0 saturated carbocycles. The summed E-state index contributed by atoms with van der Waals surface area (Å²) in [7, 11) is -1.62. The number of benzene rings is 1. The number of rotatable bonds is 4. The van der Waals surface area contributed by atoms with E-state index >= 15 is 0 Å². The number of nitrogens with zero attached hydrogens (tertiary/aromatic N) is 1. The molecule has 0 radical (unpaired) electrons. The molecule has 1 unspecified atom stereocenters. The van der Waals surface area contributed by atoms with Gasteiger partial charge in [-0.1, -0.05) is 30.7 Å². The second kappa shape index (κ2) is 6.58. The van der Waals surface area contributed by atoms with Gasteiger partial charge in [-0.2, -0.15) is 0 Å². The fourth-order valence-electron chi connectivity index (χ4n) is 2.61. The van der Waals surface area contributed by atoms with E-state index in [1.807, 2.05) is 24.3 Å². The number of nitrogens with two attached hydrogens (primary N) is 1. The summed E-state index contributed by atoms with van der Waals surface area (Å²) in [5, 5.41) is -0.862. The van der Waals surface area contributed by atoms with Crippen molar-refractivity contribution < 1.29 is 13.2 Å². The number of hydrogen-bond donors (Lipinski definition) is 1. The minimum absolute atomic E-state index is 0.127. The van der Waals surface area contributed by atoms with E-state index in [4.69, 9.17) is 5.73 Å². The van der Waals surface area contributed by atoms with Crippen LogP contribution < -0.4 is 5.73 Å². The zero-order valence-corrected chi connectivity index (χ0v) is 13.1. The van der Waals surface area contributed by atoms with Crippen LogP contribution in [0.25, 0.3) is 0 Å². The van der Waals surface area contributed by atoms with Gasteiger partial charge in [0.25, 0.3) is 0 Å². The number of sulfone groups is 1. The first-order valence-electron chi connectivity index (χ1n) is 7.18. The predicted octanol–water partition coefficient (Wildman–Crippen LogP) is 1.07. The molecular formula is C15H22N2O3S. The van der Waals surface area contributed by atoms with Crippen LogP contribution in [0.15, 0.2) is 24.3 Å². The minimum Gasteiger partial charge on any atom is -0.340 e. The molecule has 0 aromatic heterocycles. The van der Waals surface area contributed by atoms with E-state index in [9.17, 15) is 13.2 Å². The van der Waals surface area contributed by atoms with Crippen molar-refractivity contribution in [2.24, 2.45) is 5.73 Å². The molecule has 5 nitrogen and oxygen atoms in total. The van der Waals surface area contributed by atoms with Crippen molar-refractivity contribution >= 4 is 15.7 Å². The summed E-state index contributed by atoms with van der Waals surface area (Å²) in [5.41, 5.74) is 7.54. The van der Waals surface area contributed by atoms with E-state index < -0.39 is 15.1 Å². The van der Waals surface area contributed by atoms with Crippen molar-refractivity contribution in [1.29, 1.82) is 0 Å². The third-order valence-corrected chi connectivity index (χ3v) is 6.07. The van der Waals surface area contributed by atoms with Gasteiger partial charge in [0, 0.05) is 20.1 Å². The summed E-state index contributed by atoms with van der Waals surface area (Å²) in [5.74, 6) is -0.166. The molecule has 1 aliphatic heterocycles. The van der Waals surface area contributed by atoms with Crippen LogP contribution in [-0.2, 0) is 27.7 Å². The Balaban J connectivity index is 2.04. The fraction of sp³-hybridized carbons (Fsp3) is 0.533. The van der Waals surface area contributed by atoms with Crippen LogP contribution in [0.2, 0.25) is 0 Å². The summed E-state index contributed by atoms with van der Waals surface area (Å²) >= 11 is 0. The van der Waals surface area contributed by atoms with Crippen molar-refractivity contribution in [2.75, 3.05) is 12.8 Å². The lowest BCUT2D eigenvalue weighted by molar-refractivity contribution is -0.130. The van der Waals surface area contributed by atoms with E-state index in [1.165, 1.54) is 4.90 Å². The van der Waals surface area contributed by atoms with Gasteiger partial charge in [-0.15, -0.1) is 0 Å². The van der Waals surface area contributed by atoms with Gasteiger partial charge in [-0.3, -0.25) is 4.79 Å². The summed E-state index contributed by atoms with van der Waals surface area (Å²) in [4.78, 5) is 13.9. The maximum Gasteiger partial charge on any atom is 0.240 e. The lowest BCUT2D eigenvalue weighted by Gasteiger charge is -2.26. The Labute approximate surface area is 126 Å². The predicted molar refractivity (Wildman–Crippen MR) is 82.2 cm³/mol. The molecule has 1 amide bonds. The molecule has 2 rings (SSSR count). The number of amides is 1. The van der Waals surface area contributed by atoms with Crippen LogP contribution in [0, 0.1) is 0 Å². The SMILES string of the molecule is CN(Cc1ccc(CN)cc1)C(=O)C1CCCCS1(=O)=O. The monoisotopic (exact) mass is 310 g/mol. The lowest BCUT2D eigenvalue weighted by Crippen LogP contribution is -2.43. The smallest absolute Gasteiger partial charge is 0.240 e. The highest BCUT2D eigenvalue weighted by Gasteiger charge is 2.36. The Kier molecular flexibility index (Phi) is 5.00. The topological polar surface area (TPSA) is 80.5 Å². The molecule has 1 saturated heterocycles. The second-order valence-corrected chi connectivity index (χ2v) is 7.87. The van der Waals surface area contributed by atoms with Gasteiger partial charge in [0.05, 0.1) is 5.75 Å². The Morgan fingerprint density at radius 3 is 2.43 bits per heavy atom. The second-order valence-electron chi connectivity index (χ2n) is 5.57. The molecule has 1 atom stereocenters. The van der Waals surface area contributed by atoms with Crippen molar-refractivity contribution in [3.8, 4) is 0 Å². The maximum absolute atomic E-state index is 12.4. The minimum atomic E-state index is -3.28. The number of carbonyl (C=O) groups is 1. The Hall–Kier alpha value is -1.40.